The lowest BCUT2D eigenvalue weighted by Crippen LogP contribution is -2.30. The molecule has 0 aromatic rings. The molecule has 0 aromatic carbocycles. The van der Waals surface area contributed by atoms with E-state index in [9.17, 15) is 0 Å². The molecule has 0 radical (unpaired) electrons. The average molecular weight is 200 g/mol. The zero-order valence-corrected chi connectivity index (χ0v) is 10.5. The smallest absolute Gasteiger partial charge is 0.0234 e. The summed E-state index contributed by atoms with van der Waals surface area (Å²) in [6.45, 7) is 6.49. The van der Waals surface area contributed by atoms with Crippen LogP contribution in [-0.2, 0) is 0 Å². The van der Waals surface area contributed by atoms with Gasteiger partial charge in [0.05, 0.1) is 0 Å². The standard InChI is InChI=1S/C10H19P.C2H6/c1-8-10-5-3-2-4-9(10)6-7-11-8;1-2/h8-11H,2-7H2,1H3;1-2H3. The van der Waals surface area contributed by atoms with Crippen LogP contribution in [0.25, 0.3) is 0 Å². The van der Waals surface area contributed by atoms with Crippen molar-refractivity contribution in [3.05, 3.63) is 0 Å². The van der Waals surface area contributed by atoms with Crippen LogP contribution in [0.15, 0.2) is 0 Å². The quantitative estimate of drug-likeness (QED) is 0.512. The van der Waals surface area contributed by atoms with Gasteiger partial charge in [0.15, 0.2) is 0 Å². The van der Waals surface area contributed by atoms with Crippen LogP contribution in [0, 0.1) is 11.8 Å². The topological polar surface area (TPSA) is 0 Å². The maximum absolute atomic E-state index is 2.49. The minimum atomic E-state index is 1.08. The van der Waals surface area contributed by atoms with Crippen LogP contribution in [0.1, 0.15) is 52.9 Å². The molecule has 1 aliphatic heterocycles. The summed E-state index contributed by atoms with van der Waals surface area (Å²) < 4.78 is 0. The Morgan fingerprint density at radius 1 is 1.00 bits per heavy atom. The molecule has 0 amide bonds. The van der Waals surface area contributed by atoms with Crippen molar-refractivity contribution in [2.45, 2.75) is 58.5 Å². The van der Waals surface area contributed by atoms with E-state index < -0.39 is 0 Å². The normalized spacial score (nSPS) is 40.4. The first-order valence-corrected chi connectivity index (χ1v) is 7.40. The molecular formula is C12H25P. The zero-order valence-electron chi connectivity index (χ0n) is 9.47. The molecule has 2 aliphatic rings. The van der Waals surface area contributed by atoms with E-state index >= 15 is 0 Å². The summed E-state index contributed by atoms with van der Waals surface area (Å²) in [5.41, 5.74) is 1.08. The Balaban J connectivity index is 0.000000396. The van der Waals surface area contributed by atoms with Gasteiger partial charge in [-0.25, -0.2) is 0 Å². The molecule has 13 heavy (non-hydrogen) atoms. The van der Waals surface area contributed by atoms with E-state index in [4.69, 9.17) is 0 Å². The van der Waals surface area contributed by atoms with Crippen molar-refractivity contribution >= 4 is 8.58 Å². The Labute approximate surface area is 85.7 Å². The maximum Gasteiger partial charge on any atom is -0.0234 e. The molecule has 2 rings (SSSR count). The lowest BCUT2D eigenvalue weighted by Gasteiger charge is -2.39. The summed E-state index contributed by atoms with van der Waals surface area (Å²) in [7, 11) is 1.29. The van der Waals surface area contributed by atoms with Crippen LogP contribution < -0.4 is 0 Å². The summed E-state index contributed by atoms with van der Waals surface area (Å²) in [4.78, 5) is 0. The number of hydrogen-bond acceptors (Lipinski definition) is 0. The second kappa shape index (κ2) is 6.02. The van der Waals surface area contributed by atoms with Crippen LogP contribution >= 0.6 is 8.58 Å². The maximum atomic E-state index is 2.49. The molecule has 1 saturated heterocycles. The third kappa shape index (κ3) is 2.94. The highest BCUT2D eigenvalue weighted by Gasteiger charge is 2.31. The SMILES string of the molecule is CC.CC1PCCC2CCCCC21. The van der Waals surface area contributed by atoms with Gasteiger partial charge < -0.3 is 0 Å². The molecule has 1 aliphatic carbocycles. The van der Waals surface area contributed by atoms with Crippen molar-refractivity contribution in [3.63, 3.8) is 0 Å². The van der Waals surface area contributed by atoms with E-state index in [2.05, 4.69) is 6.92 Å². The summed E-state index contributed by atoms with van der Waals surface area (Å²) in [5.74, 6) is 2.27. The Bertz CT molecular complexity index is 131. The molecule has 2 fully saturated rings. The first-order valence-electron chi connectivity index (χ1n) is 6.11. The first kappa shape index (κ1) is 11.5. The Morgan fingerprint density at radius 3 is 2.38 bits per heavy atom. The third-order valence-electron chi connectivity index (χ3n) is 3.59. The summed E-state index contributed by atoms with van der Waals surface area (Å²) in [6, 6.07) is 0. The van der Waals surface area contributed by atoms with Crippen LogP contribution in [0.3, 0.4) is 0 Å². The highest BCUT2D eigenvalue weighted by molar-refractivity contribution is 7.38. The van der Waals surface area contributed by atoms with Gasteiger partial charge in [-0.15, -0.1) is 8.58 Å². The first-order chi connectivity index (χ1) is 6.38. The van der Waals surface area contributed by atoms with Crippen LogP contribution in [0.2, 0.25) is 0 Å². The summed E-state index contributed by atoms with van der Waals surface area (Å²) >= 11 is 0. The molecule has 1 heteroatoms. The van der Waals surface area contributed by atoms with Crippen LogP contribution in [0.4, 0.5) is 0 Å². The van der Waals surface area contributed by atoms with E-state index in [0.717, 1.165) is 17.5 Å². The van der Waals surface area contributed by atoms with Gasteiger partial charge in [0.25, 0.3) is 0 Å². The molecule has 0 spiro atoms. The Hall–Kier alpha value is 0.430. The molecule has 1 saturated carbocycles. The van der Waals surface area contributed by atoms with E-state index in [1.807, 2.05) is 13.8 Å². The predicted molar refractivity (Wildman–Crippen MR) is 64.1 cm³/mol. The van der Waals surface area contributed by atoms with Gasteiger partial charge in [0.2, 0.25) is 0 Å². The number of hydrogen-bond donors (Lipinski definition) is 0. The second-order valence-electron chi connectivity index (χ2n) is 4.24. The second-order valence-corrected chi connectivity index (χ2v) is 6.06. The monoisotopic (exact) mass is 200 g/mol. The highest BCUT2D eigenvalue weighted by Crippen LogP contribution is 2.45. The lowest BCUT2D eigenvalue weighted by atomic mass is 9.76. The minimum Gasteiger partial charge on any atom is -0.119 e. The van der Waals surface area contributed by atoms with E-state index in [0.29, 0.717) is 0 Å². The van der Waals surface area contributed by atoms with Crippen molar-refractivity contribution in [1.82, 2.24) is 0 Å². The van der Waals surface area contributed by atoms with E-state index in [1.165, 1.54) is 21.4 Å². The fourth-order valence-corrected chi connectivity index (χ4v) is 4.64. The van der Waals surface area contributed by atoms with Gasteiger partial charge in [-0.05, 0) is 36.5 Å². The zero-order chi connectivity index (χ0) is 9.68. The summed E-state index contributed by atoms with van der Waals surface area (Å²) in [6.07, 6.45) is 9.26. The fraction of sp³-hybridized carbons (Fsp3) is 1.00. The fourth-order valence-electron chi connectivity index (χ4n) is 2.90. The number of fused-ring (bicyclic) bond motifs is 1. The van der Waals surface area contributed by atoms with Crippen LogP contribution in [-0.4, -0.2) is 11.8 Å². The predicted octanol–water partition coefficient (Wildman–Crippen LogP) is 4.29. The van der Waals surface area contributed by atoms with Gasteiger partial charge in [-0.3, -0.25) is 0 Å². The van der Waals surface area contributed by atoms with Gasteiger partial charge in [0.1, 0.15) is 0 Å². The summed E-state index contributed by atoms with van der Waals surface area (Å²) in [5, 5.41) is 0. The Morgan fingerprint density at radius 2 is 1.69 bits per heavy atom. The van der Waals surface area contributed by atoms with Gasteiger partial charge in [0, 0.05) is 0 Å². The lowest BCUT2D eigenvalue weighted by molar-refractivity contribution is 0.221. The van der Waals surface area contributed by atoms with Crippen molar-refractivity contribution in [2.75, 3.05) is 6.16 Å². The molecule has 78 valence electrons. The average Bonchev–Trinajstić information content (AvgIpc) is 2.22. The van der Waals surface area contributed by atoms with Crippen molar-refractivity contribution < 1.29 is 0 Å². The van der Waals surface area contributed by atoms with Gasteiger partial charge in [-0.2, -0.15) is 0 Å². The third-order valence-corrected chi connectivity index (χ3v) is 5.24. The Kier molecular flexibility index (Phi) is 5.32. The van der Waals surface area contributed by atoms with Crippen molar-refractivity contribution in [1.29, 1.82) is 0 Å². The molecule has 1 heterocycles. The minimum absolute atomic E-state index is 1.08. The largest absolute Gasteiger partial charge is 0.119 e. The molecule has 4 unspecified atom stereocenters. The molecule has 0 N–H and O–H groups in total. The van der Waals surface area contributed by atoms with E-state index in [-0.39, 0.29) is 0 Å². The molecule has 4 atom stereocenters. The van der Waals surface area contributed by atoms with Crippen LogP contribution in [0.5, 0.6) is 0 Å². The van der Waals surface area contributed by atoms with Gasteiger partial charge in [-0.1, -0.05) is 40.0 Å². The molecule has 0 nitrogen and oxygen atoms in total. The van der Waals surface area contributed by atoms with Crippen molar-refractivity contribution in [2.24, 2.45) is 11.8 Å². The molecule has 0 bridgehead atoms. The highest BCUT2D eigenvalue weighted by atomic mass is 31.1. The van der Waals surface area contributed by atoms with Crippen molar-refractivity contribution in [3.8, 4) is 0 Å². The molecular weight excluding hydrogens is 175 g/mol. The van der Waals surface area contributed by atoms with E-state index in [1.54, 1.807) is 25.4 Å². The van der Waals surface area contributed by atoms with Gasteiger partial charge >= 0.3 is 0 Å². The number of rotatable bonds is 0. The molecule has 0 aromatic heterocycles.